The van der Waals surface area contributed by atoms with E-state index in [9.17, 15) is 43.8 Å². The highest BCUT2D eigenvalue weighted by molar-refractivity contribution is 5.97. The van der Waals surface area contributed by atoms with Crippen molar-refractivity contribution in [2.75, 3.05) is 0 Å². The summed E-state index contributed by atoms with van der Waals surface area (Å²) in [5.74, 6) is -6.81. The fourth-order valence-corrected chi connectivity index (χ4v) is 6.64. The van der Waals surface area contributed by atoms with E-state index in [0.29, 0.717) is 5.56 Å². The van der Waals surface area contributed by atoms with E-state index >= 15 is 0 Å². The quantitative estimate of drug-likeness (QED) is 0.0584. The van der Waals surface area contributed by atoms with Crippen molar-refractivity contribution in [3.8, 4) is 0 Å². The largest absolute Gasteiger partial charge is 0.481 e. The molecular formula is C41H54N8O9. The van der Waals surface area contributed by atoms with E-state index in [1.54, 1.807) is 26.2 Å². The van der Waals surface area contributed by atoms with E-state index in [1.807, 2.05) is 62.4 Å². The van der Waals surface area contributed by atoms with Gasteiger partial charge in [0.25, 0.3) is 0 Å². The van der Waals surface area contributed by atoms with Crippen LogP contribution in [-0.2, 0) is 46.4 Å². The molecule has 0 radical (unpaired) electrons. The topological polar surface area (TPSA) is 278 Å². The maximum absolute atomic E-state index is 13.7. The number of benzene rings is 2. The molecule has 4 rings (SSSR count). The molecule has 58 heavy (non-hydrogen) atoms. The average Bonchev–Trinajstić information content (AvgIpc) is 3.76. The molecule has 0 saturated carbocycles. The molecule has 6 atom stereocenters. The molecule has 0 aliphatic heterocycles. The number of rotatable bonds is 21. The van der Waals surface area contributed by atoms with Crippen LogP contribution in [-0.4, -0.2) is 97.9 Å². The normalized spacial score (nSPS) is 14.6. The lowest BCUT2D eigenvalue weighted by Crippen LogP contribution is -2.59. The van der Waals surface area contributed by atoms with Crippen LogP contribution in [0.5, 0.6) is 0 Å². The first-order chi connectivity index (χ1) is 27.4. The van der Waals surface area contributed by atoms with Gasteiger partial charge in [-0.25, -0.2) is 4.79 Å². The van der Waals surface area contributed by atoms with Gasteiger partial charge in [-0.15, -0.1) is 0 Å². The smallest absolute Gasteiger partial charge is 0.326 e. The molecule has 4 aromatic rings. The predicted molar refractivity (Wildman–Crippen MR) is 216 cm³/mol. The molecule has 0 spiro atoms. The Morgan fingerprint density at radius 3 is 1.55 bits per heavy atom. The first-order valence-corrected chi connectivity index (χ1v) is 19.2. The number of carbonyl (C=O) groups excluding carboxylic acids is 5. The van der Waals surface area contributed by atoms with Crippen LogP contribution in [0, 0.1) is 11.8 Å². The Kier molecular flexibility index (Phi) is 15.5. The zero-order chi connectivity index (χ0) is 42.7. The third-order valence-corrected chi connectivity index (χ3v) is 9.61. The van der Waals surface area contributed by atoms with Crippen LogP contribution in [0.4, 0.5) is 0 Å². The first kappa shape index (κ1) is 44.5. The Morgan fingerprint density at radius 2 is 1.02 bits per heavy atom. The van der Waals surface area contributed by atoms with Gasteiger partial charge in [0.05, 0.1) is 12.5 Å². The number of fused-ring (bicyclic) bond motifs is 2. The SMILES string of the molecule is CC(C)C[C@H](NC(=O)[C@H](Cc1c[nH]c2ccccc12)NC(=O)[C@H](C)NC(=O)[C@H](CC(C)C)NC(=O)[C@H](CC(=O)O)NC(=O)[C@@H](N)Cc1c[nH]c2ccccc12)C(=O)O. The number of aromatic amines is 2. The molecule has 0 aliphatic rings. The van der Waals surface area contributed by atoms with Gasteiger partial charge in [-0.3, -0.25) is 28.8 Å². The molecule has 0 aliphatic carbocycles. The summed E-state index contributed by atoms with van der Waals surface area (Å²) in [6.07, 6.45) is 2.93. The van der Waals surface area contributed by atoms with Gasteiger partial charge < -0.3 is 52.5 Å². The lowest BCUT2D eigenvalue weighted by atomic mass is 10.0. The molecular weight excluding hydrogens is 748 g/mol. The minimum Gasteiger partial charge on any atom is -0.481 e. The fraction of sp³-hybridized carbons (Fsp3) is 0.439. The summed E-state index contributed by atoms with van der Waals surface area (Å²) in [5, 5.41) is 33.7. The lowest BCUT2D eigenvalue weighted by molar-refractivity contribution is -0.143. The summed E-state index contributed by atoms with van der Waals surface area (Å²) in [5.41, 5.74) is 9.27. The van der Waals surface area contributed by atoms with Crippen LogP contribution < -0.4 is 32.3 Å². The summed E-state index contributed by atoms with van der Waals surface area (Å²) in [6, 6.07) is 7.08. The van der Waals surface area contributed by atoms with Gasteiger partial charge >= 0.3 is 11.9 Å². The number of carbonyl (C=O) groups is 7. The van der Waals surface area contributed by atoms with Gasteiger partial charge in [0.1, 0.15) is 30.2 Å². The molecule has 0 bridgehead atoms. The van der Waals surface area contributed by atoms with Crippen LogP contribution in [0.15, 0.2) is 60.9 Å². The summed E-state index contributed by atoms with van der Waals surface area (Å²) in [7, 11) is 0. The summed E-state index contributed by atoms with van der Waals surface area (Å²) in [4.78, 5) is 97.5. The highest BCUT2D eigenvalue weighted by atomic mass is 16.4. The molecule has 0 fully saturated rings. The van der Waals surface area contributed by atoms with Crippen molar-refractivity contribution in [2.24, 2.45) is 17.6 Å². The summed E-state index contributed by atoms with van der Waals surface area (Å²) < 4.78 is 0. The van der Waals surface area contributed by atoms with Crippen molar-refractivity contribution in [3.05, 3.63) is 72.1 Å². The van der Waals surface area contributed by atoms with Crippen LogP contribution in [0.3, 0.4) is 0 Å². The van der Waals surface area contributed by atoms with Gasteiger partial charge in [-0.05, 0) is 61.3 Å². The van der Waals surface area contributed by atoms with Crippen molar-refractivity contribution >= 4 is 63.3 Å². The molecule has 2 heterocycles. The van der Waals surface area contributed by atoms with Crippen LogP contribution >= 0.6 is 0 Å². The number of para-hydroxylation sites is 2. The van der Waals surface area contributed by atoms with Gasteiger partial charge in [-0.1, -0.05) is 64.1 Å². The summed E-state index contributed by atoms with van der Waals surface area (Å²) >= 11 is 0. The number of H-pyrrole nitrogens is 2. The maximum atomic E-state index is 13.7. The standard InChI is InChI=1S/C41H54N8O9/c1-21(2)14-31(48-40(56)33(18-35(50)51)47-37(53)28(42)16-24-19-43-29-12-8-6-10-26(24)29)38(54)45-23(5)36(52)46-32(39(55)49-34(41(57)58)15-22(3)4)17-25-20-44-30-13-9-7-11-27(25)30/h6-13,19-23,28,31-34,43-44H,14-18,42H2,1-5H3,(H,45,54)(H,46,52)(H,47,53)(H,48,56)(H,49,55)(H,50,51)(H,57,58)/t23-,28-,31-,32-,33-,34-/m0/s1. The van der Waals surface area contributed by atoms with E-state index < -0.39 is 84.1 Å². The van der Waals surface area contributed by atoms with Crippen LogP contribution in [0.25, 0.3) is 21.8 Å². The van der Waals surface area contributed by atoms with Crippen molar-refractivity contribution in [2.45, 2.75) is 103 Å². The Hall–Kier alpha value is -6.23. The molecule has 0 saturated heterocycles. The Morgan fingerprint density at radius 1 is 0.569 bits per heavy atom. The van der Waals surface area contributed by atoms with Crippen molar-refractivity contribution < 1.29 is 43.8 Å². The molecule has 0 unspecified atom stereocenters. The minimum atomic E-state index is -1.59. The number of aliphatic carboxylic acids is 2. The van der Waals surface area contributed by atoms with Crippen molar-refractivity contribution in [1.82, 2.24) is 36.6 Å². The van der Waals surface area contributed by atoms with E-state index in [-0.39, 0.29) is 37.5 Å². The molecule has 312 valence electrons. The van der Waals surface area contributed by atoms with E-state index in [4.69, 9.17) is 5.73 Å². The van der Waals surface area contributed by atoms with Gasteiger partial charge in [0, 0.05) is 40.6 Å². The van der Waals surface area contributed by atoms with E-state index in [2.05, 4.69) is 36.6 Å². The Balaban J connectivity index is 1.45. The minimum absolute atomic E-state index is 0.00950. The van der Waals surface area contributed by atoms with Gasteiger partial charge in [0.15, 0.2) is 0 Å². The Bertz CT molecular complexity index is 2110. The molecule has 5 amide bonds. The van der Waals surface area contributed by atoms with Gasteiger partial charge in [-0.2, -0.15) is 0 Å². The number of nitrogens with one attached hydrogen (secondary N) is 7. The van der Waals surface area contributed by atoms with Crippen molar-refractivity contribution in [1.29, 1.82) is 0 Å². The number of amides is 5. The van der Waals surface area contributed by atoms with Crippen LogP contribution in [0.2, 0.25) is 0 Å². The van der Waals surface area contributed by atoms with Crippen molar-refractivity contribution in [3.63, 3.8) is 0 Å². The molecule has 2 aromatic heterocycles. The van der Waals surface area contributed by atoms with E-state index in [0.717, 1.165) is 27.4 Å². The molecule has 17 heteroatoms. The Labute approximate surface area is 335 Å². The number of carboxylic acids is 2. The highest BCUT2D eigenvalue weighted by Crippen LogP contribution is 2.21. The second-order valence-corrected chi connectivity index (χ2v) is 15.4. The number of hydrogen-bond donors (Lipinski definition) is 10. The van der Waals surface area contributed by atoms with Crippen LogP contribution in [0.1, 0.15) is 65.0 Å². The number of carboxylic acid groups (broad SMARTS) is 2. The number of aromatic nitrogens is 2. The second kappa shape index (κ2) is 20.3. The monoisotopic (exact) mass is 802 g/mol. The third-order valence-electron chi connectivity index (χ3n) is 9.61. The lowest BCUT2D eigenvalue weighted by Gasteiger charge is -2.26. The molecule has 11 N–H and O–H groups in total. The maximum Gasteiger partial charge on any atom is 0.326 e. The highest BCUT2D eigenvalue weighted by Gasteiger charge is 2.33. The zero-order valence-electron chi connectivity index (χ0n) is 33.3. The average molecular weight is 803 g/mol. The van der Waals surface area contributed by atoms with E-state index in [1.165, 1.54) is 6.92 Å². The predicted octanol–water partition coefficient (Wildman–Crippen LogP) is 1.86. The summed E-state index contributed by atoms with van der Waals surface area (Å²) in [6.45, 7) is 8.60. The number of hydrogen-bond acceptors (Lipinski definition) is 8. The molecule has 17 nitrogen and oxygen atoms in total. The number of nitrogens with two attached hydrogens (primary N) is 1. The van der Waals surface area contributed by atoms with Gasteiger partial charge in [0.2, 0.25) is 29.5 Å². The second-order valence-electron chi connectivity index (χ2n) is 15.4. The molecule has 2 aromatic carbocycles. The zero-order valence-corrected chi connectivity index (χ0v) is 33.3. The fourth-order valence-electron chi connectivity index (χ4n) is 6.64. The third kappa shape index (κ3) is 12.4. The first-order valence-electron chi connectivity index (χ1n) is 19.2.